The minimum absolute atomic E-state index is 0.0216. The smallest absolute Gasteiger partial charge is 0.250 e. The molecule has 0 atom stereocenters. The molecule has 2 rings (SSSR count). The summed E-state index contributed by atoms with van der Waals surface area (Å²) in [7, 11) is 0. The number of amides is 1. The molecule has 0 aliphatic heterocycles. The summed E-state index contributed by atoms with van der Waals surface area (Å²) in [6.07, 6.45) is 1.34. The lowest BCUT2D eigenvalue weighted by atomic mass is 10.2. The van der Waals surface area contributed by atoms with E-state index in [4.69, 9.17) is 27.9 Å². The second kappa shape index (κ2) is 7.19. The zero-order valence-electron chi connectivity index (χ0n) is 10.3. The van der Waals surface area contributed by atoms with Crippen LogP contribution in [0.5, 0.6) is 0 Å². The summed E-state index contributed by atoms with van der Waals surface area (Å²) in [6.45, 7) is 0.271. The van der Waals surface area contributed by atoms with Crippen LogP contribution in [-0.2, 0) is 16.1 Å². The molecule has 0 saturated heterocycles. The standard InChI is InChI=1S/C13H11Cl2N3O2/c14-12-10(6-16-13(15)18-12)17-11(19)8-20-7-9-4-2-1-3-5-9/h1-6H,7-8H2,(H,17,19). The fraction of sp³-hybridized carbons (Fsp3) is 0.154. The Bertz CT molecular complexity index is 593. The third-order valence-electron chi connectivity index (χ3n) is 2.33. The third kappa shape index (κ3) is 4.45. The Labute approximate surface area is 125 Å². The van der Waals surface area contributed by atoms with Gasteiger partial charge in [0.25, 0.3) is 5.91 Å². The molecule has 5 nitrogen and oxygen atoms in total. The minimum atomic E-state index is -0.339. The van der Waals surface area contributed by atoms with Gasteiger partial charge < -0.3 is 10.1 Å². The van der Waals surface area contributed by atoms with E-state index in [0.29, 0.717) is 12.3 Å². The molecule has 7 heteroatoms. The fourth-order valence-electron chi connectivity index (χ4n) is 1.45. The number of carbonyl (C=O) groups is 1. The van der Waals surface area contributed by atoms with Crippen LogP contribution in [0.25, 0.3) is 0 Å². The Morgan fingerprint density at radius 2 is 2.00 bits per heavy atom. The lowest BCUT2D eigenvalue weighted by molar-refractivity contribution is -0.121. The van der Waals surface area contributed by atoms with Gasteiger partial charge in [0.1, 0.15) is 6.61 Å². The molecule has 1 N–H and O–H groups in total. The number of hydrogen-bond acceptors (Lipinski definition) is 4. The molecule has 1 heterocycles. The first kappa shape index (κ1) is 14.7. The number of nitrogens with one attached hydrogen (secondary N) is 1. The average Bonchev–Trinajstić information content (AvgIpc) is 2.43. The van der Waals surface area contributed by atoms with E-state index in [2.05, 4.69) is 15.3 Å². The summed E-state index contributed by atoms with van der Waals surface area (Å²) in [6, 6.07) is 9.57. The molecular formula is C13H11Cl2N3O2. The zero-order valence-corrected chi connectivity index (χ0v) is 11.9. The highest BCUT2D eigenvalue weighted by atomic mass is 35.5. The van der Waals surface area contributed by atoms with Crippen LogP contribution in [0.2, 0.25) is 10.4 Å². The maximum Gasteiger partial charge on any atom is 0.250 e. The molecule has 0 aliphatic carbocycles. The Morgan fingerprint density at radius 1 is 1.25 bits per heavy atom. The molecule has 0 spiro atoms. The van der Waals surface area contributed by atoms with E-state index in [-0.39, 0.29) is 23.0 Å². The molecule has 0 unspecified atom stereocenters. The Morgan fingerprint density at radius 3 is 2.70 bits per heavy atom. The molecule has 2 aromatic rings. The molecule has 1 amide bonds. The highest BCUT2D eigenvalue weighted by Gasteiger charge is 2.08. The topological polar surface area (TPSA) is 64.1 Å². The molecule has 0 saturated carbocycles. The van der Waals surface area contributed by atoms with E-state index in [1.807, 2.05) is 30.3 Å². The number of rotatable bonds is 5. The van der Waals surface area contributed by atoms with Gasteiger partial charge in [-0.25, -0.2) is 9.97 Å². The van der Waals surface area contributed by atoms with Crippen LogP contribution in [0.3, 0.4) is 0 Å². The van der Waals surface area contributed by atoms with Crippen molar-refractivity contribution in [2.24, 2.45) is 0 Å². The number of nitrogens with zero attached hydrogens (tertiary/aromatic N) is 2. The van der Waals surface area contributed by atoms with Crippen molar-refractivity contribution < 1.29 is 9.53 Å². The maximum atomic E-state index is 11.7. The molecule has 0 aliphatic rings. The molecule has 20 heavy (non-hydrogen) atoms. The fourth-order valence-corrected chi connectivity index (χ4v) is 1.80. The minimum Gasteiger partial charge on any atom is -0.367 e. The van der Waals surface area contributed by atoms with Crippen LogP contribution in [0.1, 0.15) is 5.56 Å². The second-order valence-corrected chi connectivity index (χ2v) is 4.57. The molecule has 0 radical (unpaired) electrons. The molecule has 1 aromatic heterocycles. The number of carbonyl (C=O) groups excluding carboxylic acids is 1. The van der Waals surface area contributed by atoms with Crippen molar-refractivity contribution in [3.05, 3.63) is 52.5 Å². The summed E-state index contributed by atoms with van der Waals surface area (Å²) < 4.78 is 5.30. The summed E-state index contributed by atoms with van der Waals surface area (Å²) in [5.74, 6) is -0.339. The van der Waals surface area contributed by atoms with Gasteiger partial charge in [0.15, 0.2) is 5.15 Å². The van der Waals surface area contributed by atoms with E-state index in [1.54, 1.807) is 0 Å². The predicted octanol–water partition coefficient (Wildman–Crippen LogP) is 2.94. The van der Waals surface area contributed by atoms with Crippen LogP contribution in [0.4, 0.5) is 5.69 Å². The highest BCUT2D eigenvalue weighted by molar-refractivity contribution is 6.34. The summed E-state index contributed by atoms with van der Waals surface area (Å²) in [5, 5.41) is 2.65. The molecule has 0 fully saturated rings. The number of hydrogen-bond donors (Lipinski definition) is 1. The summed E-state index contributed by atoms with van der Waals surface area (Å²) in [4.78, 5) is 19.1. The van der Waals surface area contributed by atoms with Crippen LogP contribution >= 0.6 is 23.2 Å². The lowest BCUT2D eigenvalue weighted by Gasteiger charge is -2.07. The van der Waals surface area contributed by atoms with Gasteiger partial charge in [0.2, 0.25) is 5.28 Å². The van der Waals surface area contributed by atoms with Crippen LogP contribution in [0.15, 0.2) is 36.5 Å². The van der Waals surface area contributed by atoms with Crippen molar-refractivity contribution in [1.29, 1.82) is 0 Å². The SMILES string of the molecule is O=C(COCc1ccccc1)Nc1cnc(Cl)nc1Cl. The van der Waals surface area contributed by atoms with Crippen molar-refractivity contribution in [3.8, 4) is 0 Å². The molecule has 1 aromatic carbocycles. The highest BCUT2D eigenvalue weighted by Crippen LogP contribution is 2.19. The number of benzene rings is 1. The number of halogens is 2. The van der Waals surface area contributed by atoms with Gasteiger partial charge in [0, 0.05) is 0 Å². The van der Waals surface area contributed by atoms with Crippen molar-refractivity contribution in [1.82, 2.24) is 9.97 Å². The first-order chi connectivity index (χ1) is 9.65. The average molecular weight is 312 g/mol. The van der Waals surface area contributed by atoms with Gasteiger partial charge in [-0.1, -0.05) is 41.9 Å². The van der Waals surface area contributed by atoms with Crippen LogP contribution in [-0.4, -0.2) is 22.5 Å². The van der Waals surface area contributed by atoms with E-state index in [1.165, 1.54) is 6.20 Å². The monoisotopic (exact) mass is 311 g/mol. The summed E-state index contributed by atoms with van der Waals surface area (Å²) in [5.41, 5.74) is 1.29. The Hall–Kier alpha value is -1.69. The Balaban J connectivity index is 1.81. The van der Waals surface area contributed by atoms with E-state index in [9.17, 15) is 4.79 Å². The first-order valence-corrected chi connectivity index (χ1v) is 6.50. The predicted molar refractivity (Wildman–Crippen MR) is 76.8 cm³/mol. The van der Waals surface area contributed by atoms with E-state index in [0.717, 1.165) is 5.56 Å². The second-order valence-electron chi connectivity index (χ2n) is 3.87. The number of anilines is 1. The quantitative estimate of drug-likeness (QED) is 0.681. The lowest BCUT2D eigenvalue weighted by Crippen LogP contribution is -2.18. The van der Waals surface area contributed by atoms with Crippen LogP contribution < -0.4 is 5.32 Å². The first-order valence-electron chi connectivity index (χ1n) is 5.74. The largest absolute Gasteiger partial charge is 0.367 e. The van der Waals surface area contributed by atoms with E-state index < -0.39 is 0 Å². The van der Waals surface area contributed by atoms with E-state index >= 15 is 0 Å². The molecule has 0 bridgehead atoms. The maximum absolute atomic E-state index is 11.7. The van der Waals surface area contributed by atoms with Crippen molar-refractivity contribution >= 4 is 34.8 Å². The zero-order chi connectivity index (χ0) is 14.4. The molecular weight excluding hydrogens is 301 g/mol. The third-order valence-corrected chi connectivity index (χ3v) is 2.80. The normalized spacial score (nSPS) is 10.3. The van der Waals surface area contributed by atoms with Crippen molar-refractivity contribution in [2.75, 3.05) is 11.9 Å². The number of ether oxygens (including phenoxy) is 1. The van der Waals surface area contributed by atoms with Gasteiger partial charge in [0.05, 0.1) is 18.5 Å². The van der Waals surface area contributed by atoms with Gasteiger partial charge in [-0.3, -0.25) is 4.79 Å². The van der Waals surface area contributed by atoms with Gasteiger partial charge in [-0.05, 0) is 17.2 Å². The van der Waals surface area contributed by atoms with Gasteiger partial charge in [-0.2, -0.15) is 0 Å². The van der Waals surface area contributed by atoms with Gasteiger partial charge in [-0.15, -0.1) is 0 Å². The van der Waals surface area contributed by atoms with Crippen molar-refractivity contribution in [3.63, 3.8) is 0 Å². The van der Waals surface area contributed by atoms with Gasteiger partial charge >= 0.3 is 0 Å². The summed E-state index contributed by atoms with van der Waals surface area (Å²) >= 11 is 11.4. The van der Waals surface area contributed by atoms with Crippen molar-refractivity contribution in [2.45, 2.75) is 6.61 Å². The number of aromatic nitrogens is 2. The van der Waals surface area contributed by atoms with Crippen LogP contribution in [0, 0.1) is 0 Å². The Kier molecular flexibility index (Phi) is 5.29. The molecule has 104 valence electrons.